The van der Waals surface area contributed by atoms with Gasteiger partial charge >= 0.3 is 0 Å². The number of halogens is 1. The van der Waals surface area contributed by atoms with Crippen LogP contribution in [0.25, 0.3) is 0 Å². The van der Waals surface area contributed by atoms with Crippen LogP contribution in [0.5, 0.6) is 0 Å². The minimum atomic E-state index is -1.44. The fraction of sp³-hybridized carbons (Fsp3) is 0.478. The quantitative estimate of drug-likeness (QED) is 0.746. The highest BCUT2D eigenvalue weighted by Crippen LogP contribution is 2.38. The summed E-state index contributed by atoms with van der Waals surface area (Å²) in [5, 5.41) is 11.8. The summed E-state index contributed by atoms with van der Waals surface area (Å²) in [5.74, 6) is -0.375. The number of aromatic nitrogens is 1. The zero-order valence-electron chi connectivity index (χ0n) is 17.6. The molecule has 1 heterocycles. The molecular weight excluding hydrogens is 355 g/mol. The van der Waals surface area contributed by atoms with Crippen LogP contribution in [-0.4, -0.2) is 33.0 Å². The van der Waals surface area contributed by atoms with E-state index in [4.69, 9.17) is 0 Å². The summed E-state index contributed by atoms with van der Waals surface area (Å²) in [7, 11) is 0. The van der Waals surface area contributed by atoms with E-state index >= 15 is 0 Å². The van der Waals surface area contributed by atoms with Crippen LogP contribution in [0.15, 0.2) is 42.7 Å². The van der Waals surface area contributed by atoms with Crippen LogP contribution in [0.1, 0.15) is 69.4 Å². The van der Waals surface area contributed by atoms with E-state index in [1.807, 2.05) is 41.5 Å². The van der Waals surface area contributed by atoms with Crippen molar-refractivity contribution in [3.8, 4) is 0 Å². The van der Waals surface area contributed by atoms with Crippen molar-refractivity contribution >= 4 is 5.91 Å². The van der Waals surface area contributed by atoms with Crippen LogP contribution in [0.2, 0.25) is 0 Å². The van der Waals surface area contributed by atoms with Crippen molar-refractivity contribution in [1.82, 2.24) is 9.88 Å². The maximum Gasteiger partial charge on any atom is 0.254 e. The lowest BCUT2D eigenvalue weighted by atomic mass is 9.78. The number of carbonyl (C=O) groups excluding carboxylic acids is 1. The zero-order chi connectivity index (χ0) is 21.1. The summed E-state index contributed by atoms with van der Waals surface area (Å²) in [4.78, 5) is 19.4. The highest BCUT2D eigenvalue weighted by molar-refractivity contribution is 5.96. The van der Waals surface area contributed by atoms with Crippen LogP contribution in [-0.2, 0) is 5.60 Å². The van der Waals surface area contributed by atoms with Crippen LogP contribution in [0, 0.1) is 11.7 Å². The molecule has 0 aliphatic rings. The molecule has 2 rings (SSSR count). The number of benzene rings is 1. The molecular formula is C23H31FN2O2. The molecule has 0 bridgehead atoms. The van der Waals surface area contributed by atoms with E-state index in [0.717, 1.165) is 0 Å². The smallest absolute Gasteiger partial charge is 0.254 e. The first-order valence-corrected chi connectivity index (χ1v) is 9.83. The number of hydrogen-bond donors (Lipinski definition) is 1. The predicted octanol–water partition coefficient (Wildman–Crippen LogP) is 4.76. The van der Waals surface area contributed by atoms with Gasteiger partial charge < -0.3 is 10.0 Å². The van der Waals surface area contributed by atoms with Gasteiger partial charge in [-0.25, -0.2) is 4.39 Å². The fourth-order valence-electron chi connectivity index (χ4n) is 3.81. The van der Waals surface area contributed by atoms with Gasteiger partial charge in [-0.2, -0.15) is 0 Å². The standard InChI is InChI=1S/C23H31FN2O2/c1-15(2)13-23(28,18-7-9-19(24)10-8-18)21-14-25-12-11-20(21)22(27)26(16(3)4)17(5)6/h7-12,14-17,28H,13H2,1-6H3. The predicted molar refractivity (Wildman–Crippen MR) is 110 cm³/mol. The van der Waals surface area contributed by atoms with E-state index in [2.05, 4.69) is 4.98 Å². The fourth-order valence-corrected chi connectivity index (χ4v) is 3.81. The number of rotatable bonds is 7. The number of carbonyl (C=O) groups is 1. The Bertz CT molecular complexity index is 795. The first-order valence-electron chi connectivity index (χ1n) is 9.83. The second-order valence-electron chi connectivity index (χ2n) is 8.29. The molecule has 4 nitrogen and oxygen atoms in total. The van der Waals surface area contributed by atoms with Crippen LogP contribution in [0.3, 0.4) is 0 Å². The number of nitrogens with zero attached hydrogens (tertiary/aromatic N) is 2. The Kier molecular flexibility index (Phi) is 6.94. The Balaban J connectivity index is 2.66. The van der Waals surface area contributed by atoms with Crippen molar-refractivity contribution in [3.05, 3.63) is 65.2 Å². The van der Waals surface area contributed by atoms with E-state index in [1.165, 1.54) is 12.1 Å². The molecule has 1 N–H and O–H groups in total. The Morgan fingerprint density at radius 3 is 2.14 bits per heavy atom. The molecule has 1 aromatic heterocycles. The van der Waals surface area contributed by atoms with Gasteiger partial charge in [-0.05, 0) is 63.8 Å². The van der Waals surface area contributed by atoms with Crippen molar-refractivity contribution < 1.29 is 14.3 Å². The van der Waals surface area contributed by atoms with Gasteiger partial charge in [0.05, 0.1) is 0 Å². The van der Waals surface area contributed by atoms with Gasteiger partial charge in [0.2, 0.25) is 0 Å². The van der Waals surface area contributed by atoms with Gasteiger partial charge in [-0.1, -0.05) is 26.0 Å². The molecule has 2 aromatic rings. The first-order chi connectivity index (χ1) is 13.1. The third-order valence-corrected chi connectivity index (χ3v) is 4.87. The maximum atomic E-state index is 13.5. The number of hydrogen-bond acceptors (Lipinski definition) is 3. The SMILES string of the molecule is CC(C)CC(O)(c1ccc(F)cc1)c1cnccc1C(=O)N(C(C)C)C(C)C. The summed E-state index contributed by atoms with van der Waals surface area (Å²) in [6, 6.07) is 7.48. The van der Waals surface area contributed by atoms with E-state index in [0.29, 0.717) is 23.1 Å². The van der Waals surface area contributed by atoms with Gasteiger partial charge in [0.25, 0.3) is 5.91 Å². The highest BCUT2D eigenvalue weighted by atomic mass is 19.1. The largest absolute Gasteiger partial charge is 0.380 e. The molecule has 0 saturated carbocycles. The summed E-state index contributed by atoms with van der Waals surface area (Å²) in [6.07, 6.45) is 3.50. The molecule has 28 heavy (non-hydrogen) atoms. The van der Waals surface area contributed by atoms with Crippen LogP contribution in [0.4, 0.5) is 4.39 Å². The van der Waals surface area contributed by atoms with Crippen molar-refractivity contribution in [2.24, 2.45) is 5.92 Å². The van der Waals surface area contributed by atoms with E-state index in [9.17, 15) is 14.3 Å². The van der Waals surface area contributed by atoms with E-state index < -0.39 is 5.60 Å². The summed E-state index contributed by atoms with van der Waals surface area (Å²) >= 11 is 0. The minimum absolute atomic E-state index is 0.0116. The Hall–Kier alpha value is -2.27. The molecule has 0 saturated heterocycles. The Labute approximate surface area is 167 Å². The lowest BCUT2D eigenvalue weighted by Gasteiger charge is -2.35. The molecule has 0 radical (unpaired) electrons. The van der Waals surface area contributed by atoms with Gasteiger partial charge in [-0.15, -0.1) is 0 Å². The molecule has 0 aliphatic heterocycles. The topological polar surface area (TPSA) is 53.4 Å². The molecule has 5 heteroatoms. The normalized spacial score (nSPS) is 13.8. The molecule has 0 spiro atoms. The lowest BCUT2D eigenvalue weighted by Crippen LogP contribution is -2.43. The maximum absolute atomic E-state index is 13.5. The monoisotopic (exact) mass is 386 g/mol. The number of pyridine rings is 1. The number of amides is 1. The highest BCUT2D eigenvalue weighted by Gasteiger charge is 2.37. The molecule has 1 aromatic carbocycles. The van der Waals surface area contributed by atoms with Crippen LogP contribution < -0.4 is 0 Å². The van der Waals surface area contributed by atoms with Gasteiger partial charge in [0, 0.05) is 35.6 Å². The van der Waals surface area contributed by atoms with E-state index in [-0.39, 0.29) is 29.7 Å². The van der Waals surface area contributed by atoms with Crippen LogP contribution >= 0.6 is 0 Å². The second kappa shape index (κ2) is 8.82. The summed E-state index contributed by atoms with van der Waals surface area (Å²) in [6.45, 7) is 11.9. The summed E-state index contributed by atoms with van der Waals surface area (Å²) < 4.78 is 13.5. The summed E-state index contributed by atoms with van der Waals surface area (Å²) in [5.41, 5.74) is -0.0254. The Morgan fingerprint density at radius 1 is 1.07 bits per heavy atom. The molecule has 1 unspecified atom stereocenters. The minimum Gasteiger partial charge on any atom is -0.380 e. The third kappa shape index (κ3) is 4.58. The second-order valence-corrected chi connectivity index (χ2v) is 8.29. The Morgan fingerprint density at radius 2 is 1.64 bits per heavy atom. The van der Waals surface area contributed by atoms with Crippen molar-refractivity contribution in [2.75, 3.05) is 0 Å². The zero-order valence-corrected chi connectivity index (χ0v) is 17.6. The lowest BCUT2D eigenvalue weighted by molar-refractivity contribution is 0.0503. The van der Waals surface area contributed by atoms with Crippen molar-refractivity contribution in [3.63, 3.8) is 0 Å². The molecule has 1 atom stereocenters. The molecule has 152 valence electrons. The van der Waals surface area contributed by atoms with E-state index in [1.54, 1.807) is 35.5 Å². The van der Waals surface area contributed by atoms with Crippen molar-refractivity contribution in [1.29, 1.82) is 0 Å². The number of aliphatic hydroxyl groups is 1. The molecule has 0 fully saturated rings. The van der Waals surface area contributed by atoms with Crippen molar-refractivity contribution in [2.45, 2.75) is 65.6 Å². The first kappa shape index (κ1) is 22.0. The average Bonchev–Trinajstić information content (AvgIpc) is 2.61. The van der Waals surface area contributed by atoms with Gasteiger partial charge in [0.15, 0.2) is 0 Å². The third-order valence-electron chi connectivity index (χ3n) is 4.87. The molecule has 0 aliphatic carbocycles. The molecule has 1 amide bonds. The van der Waals surface area contributed by atoms with Gasteiger partial charge in [0.1, 0.15) is 11.4 Å². The average molecular weight is 387 g/mol. The van der Waals surface area contributed by atoms with Gasteiger partial charge in [-0.3, -0.25) is 9.78 Å².